The Labute approximate surface area is 150 Å². The topological polar surface area (TPSA) is 43.1 Å². The summed E-state index contributed by atoms with van der Waals surface area (Å²) in [6.45, 7) is 4.37. The number of nitrogens with zero attached hydrogens (tertiary/aromatic N) is 1. The third-order valence-corrected chi connectivity index (χ3v) is 5.81. The number of para-hydroxylation sites is 1. The van der Waals surface area contributed by atoms with E-state index in [1.165, 1.54) is 16.9 Å². The van der Waals surface area contributed by atoms with Crippen molar-refractivity contribution in [1.29, 1.82) is 0 Å². The van der Waals surface area contributed by atoms with Gasteiger partial charge >= 0.3 is 5.63 Å². The summed E-state index contributed by atoms with van der Waals surface area (Å²) in [6.07, 6.45) is 2.16. The Kier molecular flexibility index (Phi) is 4.14. The summed E-state index contributed by atoms with van der Waals surface area (Å²) in [6, 6.07) is 16.0. The van der Waals surface area contributed by atoms with Crippen molar-refractivity contribution in [2.45, 2.75) is 32.6 Å². The van der Waals surface area contributed by atoms with Crippen molar-refractivity contribution in [3.8, 4) is 10.6 Å². The summed E-state index contributed by atoms with van der Waals surface area (Å²) in [7, 11) is 0. The molecule has 0 bridgehead atoms. The minimum absolute atomic E-state index is 0.326. The van der Waals surface area contributed by atoms with E-state index >= 15 is 0 Å². The molecule has 0 aliphatic heterocycles. The van der Waals surface area contributed by atoms with Crippen LogP contribution < -0.4 is 5.63 Å². The molecule has 0 unspecified atom stereocenters. The number of hydrogen-bond acceptors (Lipinski definition) is 4. The van der Waals surface area contributed by atoms with Crippen LogP contribution in [0.4, 0.5) is 0 Å². The zero-order valence-corrected chi connectivity index (χ0v) is 15.1. The molecule has 0 saturated carbocycles. The lowest BCUT2D eigenvalue weighted by atomic mass is 9.93. The van der Waals surface area contributed by atoms with Gasteiger partial charge in [-0.2, -0.15) is 0 Å². The van der Waals surface area contributed by atoms with Crippen LogP contribution in [0.15, 0.2) is 57.7 Å². The van der Waals surface area contributed by atoms with Gasteiger partial charge in [-0.25, -0.2) is 9.78 Å². The van der Waals surface area contributed by atoms with Crippen LogP contribution in [-0.4, -0.2) is 4.98 Å². The van der Waals surface area contributed by atoms with E-state index in [1.807, 2.05) is 42.5 Å². The van der Waals surface area contributed by atoms with E-state index in [4.69, 9.17) is 4.42 Å². The van der Waals surface area contributed by atoms with Gasteiger partial charge in [-0.3, -0.25) is 0 Å². The van der Waals surface area contributed by atoms with Crippen molar-refractivity contribution in [2.24, 2.45) is 0 Å². The molecule has 4 aromatic rings. The molecule has 25 heavy (non-hydrogen) atoms. The normalized spacial score (nSPS) is 11.6. The lowest BCUT2D eigenvalue weighted by Gasteiger charge is -2.13. The standard InChI is InChI=1S/C21H19NO2S/c1-3-13(4-2)14-9-10-15-11-16(21(23)24-18(15)12-14)20-22-17-7-5-6-8-19(17)25-20/h5-13H,3-4H2,1-2H3. The van der Waals surface area contributed by atoms with Gasteiger partial charge in [0.05, 0.1) is 15.8 Å². The van der Waals surface area contributed by atoms with Gasteiger partial charge in [-0.15, -0.1) is 11.3 Å². The Morgan fingerprint density at radius 3 is 2.64 bits per heavy atom. The van der Waals surface area contributed by atoms with Crippen molar-refractivity contribution >= 4 is 32.5 Å². The van der Waals surface area contributed by atoms with E-state index in [0.717, 1.165) is 28.4 Å². The zero-order chi connectivity index (χ0) is 17.4. The van der Waals surface area contributed by atoms with Crippen LogP contribution in [0.5, 0.6) is 0 Å². The Morgan fingerprint density at radius 2 is 1.88 bits per heavy atom. The lowest BCUT2D eigenvalue weighted by molar-refractivity contribution is 0.561. The average molecular weight is 349 g/mol. The second-order valence-electron chi connectivity index (χ2n) is 6.24. The van der Waals surface area contributed by atoms with Crippen molar-refractivity contribution in [3.05, 3.63) is 64.5 Å². The first-order valence-electron chi connectivity index (χ1n) is 8.63. The number of aromatic nitrogens is 1. The first kappa shape index (κ1) is 16.0. The molecule has 0 amide bonds. The SMILES string of the molecule is CCC(CC)c1ccc2cc(-c3nc4ccccc4s3)c(=O)oc2c1. The predicted octanol–water partition coefficient (Wildman–Crippen LogP) is 5.97. The minimum atomic E-state index is -0.326. The summed E-state index contributed by atoms with van der Waals surface area (Å²) in [5, 5.41) is 1.64. The second-order valence-corrected chi connectivity index (χ2v) is 7.28. The van der Waals surface area contributed by atoms with E-state index in [1.54, 1.807) is 0 Å². The summed E-state index contributed by atoms with van der Waals surface area (Å²) in [5.74, 6) is 0.499. The van der Waals surface area contributed by atoms with Crippen molar-refractivity contribution < 1.29 is 4.42 Å². The third kappa shape index (κ3) is 2.87. The van der Waals surface area contributed by atoms with E-state index in [2.05, 4.69) is 24.9 Å². The van der Waals surface area contributed by atoms with Gasteiger partial charge in [0.15, 0.2) is 0 Å². The minimum Gasteiger partial charge on any atom is -0.422 e. The van der Waals surface area contributed by atoms with Gasteiger partial charge < -0.3 is 4.42 Å². The van der Waals surface area contributed by atoms with Crippen molar-refractivity contribution in [2.75, 3.05) is 0 Å². The van der Waals surface area contributed by atoms with Crippen LogP contribution in [-0.2, 0) is 0 Å². The molecule has 0 radical (unpaired) electrons. The van der Waals surface area contributed by atoms with Crippen LogP contribution in [0.25, 0.3) is 31.8 Å². The number of benzene rings is 2. The van der Waals surface area contributed by atoms with Crippen molar-refractivity contribution in [1.82, 2.24) is 4.98 Å². The van der Waals surface area contributed by atoms with Crippen LogP contribution in [0.1, 0.15) is 38.2 Å². The van der Waals surface area contributed by atoms with Gasteiger partial charge in [0.2, 0.25) is 0 Å². The molecule has 0 aliphatic rings. The molecule has 0 saturated heterocycles. The van der Waals surface area contributed by atoms with Crippen molar-refractivity contribution in [3.63, 3.8) is 0 Å². The highest BCUT2D eigenvalue weighted by molar-refractivity contribution is 7.21. The van der Waals surface area contributed by atoms with Crippen LogP contribution in [0.3, 0.4) is 0 Å². The summed E-state index contributed by atoms with van der Waals surface area (Å²) in [4.78, 5) is 17.1. The quantitative estimate of drug-likeness (QED) is 0.426. The lowest BCUT2D eigenvalue weighted by Crippen LogP contribution is -2.03. The molecule has 0 fully saturated rings. The van der Waals surface area contributed by atoms with Gasteiger partial charge in [0, 0.05) is 5.39 Å². The van der Waals surface area contributed by atoms with Gasteiger partial charge in [0.25, 0.3) is 0 Å². The van der Waals surface area contributed by atoms with Gasteiger partial charge in [0.1, 0.15) is 10.6 Å². The maximum absolute atomic E-state index is 12.5. The molecular formula is C21H19NO2S. The molecular weight excluding hydrogens is 330 g/mol. The Hall–Kier alpha value is -2.46. The molecule has 126 valence electrons. The average Bonchev–Trinajstić information content (AvgIpc) is 3.06. The first-order chi connectivity index (χ1) is 12.2. The highest BCUT2D eigenvalue weighted by Crippen LogP contribution is 2.31. The monoisotopic (exact) mass is 349 g/mol. The highest BCUT2D eigenvalue weighted by atomic mass is 32.1. The summed E-state index contributed by atoms with van der Waals surface area (Å²) < 4.78 is 6.70. The molecule has 4 heteroatoms. The second kappa shape index (κ2) is 6.45. The smallest absolute Gasteiger partial charge is 0.346 e. The van der Waals surface area contributed by atoms with E-state index in [-0.39, 0.29) is 5.63 Å². The number of hydrogen-bond donors (Lipinski definition) is 0. The fraction of sp³-hybridized carbons (Fsp3) is 0.238. The largest absolute Gasteiger partial charge is 0.422 e. The highest BCUT2D eigenvalue weighted by Gasteiger charge is 2.14. The van der Waals surface area contributed by atoms with Crippen LogP contribution in [0, 0.1) is 0 Å². The predicted molar refractivity (Wildman–Crippen MR) is 104 cm³/mol. The number of fused-ring (bicyclic) bond motifs is 2. The number of rotatable bonds is 4. The first-order valence-corrected chi connectivity index (χ1v) is 9.45. The Morgan fingerprint density at radius 1 is 1.08 bits per heavy atom. The molecule has 4 rings (SSSR count). The molecule has 3 nitrogen and oxygen atoms in total. The molecule has 0 atom stereocenters. The maximum atomic E-state index is 12.5. The Bertz CT molecular complexity index is 1070. The van der Waals surface area contributed by atoms with Gasteiger partial charge in [-0.05, 0) is 48.6 Å². The Balaban J connectivity index is 1.84. The molecule has 2 aromatic carbocycles. The maximum Gasteiger partial charge on any atom is 0.346 e. The summed E-state index contributed by atoms with van der Waals surface area (Å²) >= 11 is 1.52. The molecule has 2 aromatic heterocycles. The fourth-order valence-corrected chi connectivity index (χ4v) is 4.25. The van der Waals surface area contributed by atoms with Crippen LogP contribution >= 0.6 is 11.3 Å². The third-order valence-electron chi connectivity index (χ3n) is 4.74. The molecule has 0 N–H and O–H groups in total. The van der Waals surface area contributed by atoms with E-state index < -0.39 is 0 Å². The van der Waals surface area contributed by atoms with Crippen LogP contribution in [0.2, 0.25) is 0 Å². The van der Waals surface area contributed by atoms with E-state index in [9.17, 15) is 4.79 Å². The van der Waals surface area contributed by atoms with E-state index in [0.29, 0.717) is 22.1 Å². The molecule has 0 aliphatic carbocycles. The van der Waals surface area contributed by atoms with Gasteiger partial charge in [-0.1, -0.05) is 38.1 Å². The zero-order valence-electron chi connectivity index (χ0n) is 14.3. The summed E-state index contributed by atoms with van der Waals surface area (Å²) in [5.41, 5.74) is 3.00. The fourth-order valence-electron chi connectivity index (χ4n) is 3.28. The number of thiazole rings is 1. The molecule has 0 spiro atoms. The molecule has 2 heterocycles.